The Labute approximate surface area is 136 Å². The molecule has 0 aliphatic carbocycles. The number of aromatic hydroxyl groups is 1. The first-order chi connectivity index (χ1) is 11.7. The minimum Gasteiger partial charge on any atom is -0.502 e. The highest BCUT2D eigenvalue weighted by Gasteiger charge is 2.16. The van der Waals surface area contributed by atoms with Crippen LogP contribution >= 0.6 is 0 Å². The smallest absolute Gasteiger partial charge is 0.235 e. The standard InChI is InChI=1S/C19H13NO4/c1-23-13-5-7-16-14(10-13)17(21)18(22)19(24-16)12-4-6-15-11(9-12)3-2-8-20-15/h2-10,22H,1H3. The number of hydrogen-bond donors (Lipinski definition) is 1. The van der Waals surface area contributed by atoms with Crippen LogP contribution in [0.25, 0.3) is 33.2 Å². The summed E-state index contributed by atoms with van der Waals surface area (Å²) in [5, 5.41) is 11.5. The van der Waals surface area contributed by atoms with E-state index in [4.69, 9.17) is 9.15 Å². The molecule has 0 amide bonds. The molecule has 0 radical (unpaired) electrons. The highest BCUT2D eigenvalue weighted by Crippen LogP contribution is 2.32. The summed E-state index contributed by atoms with van der Waals surface area (Å²) in [7, 11) is 1.51. The average Bonchev–Trinajstić information content (AvgIpc) is 2.64. The maximum Gasteiger partial charge on any atom is 0.235 e. The molecule has 24 heavy (non-hydrogen) atoms. The Kier molecular flexibility index (Phi) is 3.20. The number of benzene rings is 2. The zero-order valence-corrected chi connectivity index (χ0v) is 12.8. The van der Waals surface area contributed by atoms with Crippen LogP contribution in [0.3, 0.4) is 0 Å². The lowest BCUT2D eigenvalue weighted by Gasteiger charge is -2.08. The van der Waals surface area contributed by atoms with Crippen molar-refractivity contribution in [1.82, 2.24) is 4.98 Å². The van der Waals surface area contributed by atoms with E-state index in [2.05, 4.69) is 4.98 Å². The number of aromatic nitrogens is 1. The third-order valence-corrected chi connectivity index (χ3v) is 3.94. The minimum atomic E-state index is -0.489. The second-order valence-corrected chi connectivity index (χ2v) is 5.38. The first-order valence-corrected chi connectivity index (χ1v) is 7.36. The number of fused-ring (bicyclic) bond motifs is 2. The molecular weight excluding hydrogens is 306 g/mol. The topological polar surface area (TPSA) is 72.6 Å². The Morgan fingerprint density at radius 2 is 2.00 bits per heavy atom. The Morgan fingerprint density at radius 3 is 2.83 bits per heavy atom. The van der Waals surface area contributed by atoms with Crippen LogP contribution in [0.2, 0.25) is 0 Å². The Morgan fingerprint density at radius 1 is 1.12 bits per heavy atom. The van der Waals surface area contributed by atoms with Crippen LogP contribution < -0.4 is 10.2 Å². The summed E-state index contributed by atoms with van der Waals surface area (Å²) in [6.07, 6.45) is 1.71. The molecule has 118 valence electrons. The summed E-state index contributed by atoms with van der Waals surface area (Å²) in [5.74, 6) is 0.251. The van der Waals surface area contributed by atoms with Gasteiger partial charge in [-0.05, 0) is 42.5 Å². The van der Waals surface area contributed by atoms with Crippen LogP contribution in [0, 0.1) is 0 Å². The summed E-state index contributed by atoms with van der Waals surface area (Å²) in [5.41, 5.74) is 1.34. The molecule has 2 heterocycles. The van der Waals surface area contributed by atoms with Gasteiger partial charge in [-0.2, -0.15) is 0 Å². The fourth-order valence-electron chi connectivity index (χ4n) is 2.70. The number of ether oxygens (including phenoxy) is 1. The summed E-state index contributed by atoms with van der Waals surface area (Å²) in [4.78, 5) is 16.7. The maximum atomic E-state index is 12.5. The molecule has 0 fully saturated rings. The van der Waals surface area contributed by atoms with Crippen molar-refractivity contribution in [3.05, 3.63) is 65.0 Å². The van der Waals surface area contributed by atoms with Crippen molar-refractivity contribution in [2.24, 2.45) is 0 Å². The van der Waals surface area contributed by atoms with E-state index in [1.807, 2.05) is 24.3 Å². The van der Waals surface area contributed by atoms with Gasteiger partial charge in [0.25, 0.3) is 0 Å². The van der Waals surface area contributed by atoms with Gasteiger partial charge in [0.1, 0.15) is 11.3 Å². The molecule has 5 nitrogen and oxygen atoms in total. The SMILES string of the molecule is COc1ccc2oc(-c3ccc4ncccc4c3)c(O)c(=O)c2c1. The molecule has 0 spiro atoms. The van der Waals surface area contributed by atoms with Gasteiger partial charge in [0, 0.05) is 17.1 Å². The summed E-state index contributed by atoms with van der Waals surface area (Å²) in [6.45, 7) is 0. The molecule has 0 unspecified atom stereocenters. The van der Waals surface area contributed by atoms with Gasteiger partial charge in [0.2, 0.25) is 11.2 Å². The molecule has 0 aliphatic heterocycles. The highest BCUT2D eigenvalue weighted by atomic mass is 16.5. The van der Waals surface area contributed by atoms with E-state index in [0.29, 0.717) is 16.9 Å². The molecule has 4 rings (SSSR count). The summed E-state index contributed by atoms with van der Waals surface area (Å²) >= 11 is 0. The molecule has 0 saturated heterocycles. The van der Waals surface area contributed by atoms with Gasteiger partial charge in [-0.3, -0.25) is 9.78 Å². The molecule has 0 atom stereocenters. The van der Waals surface area contributed by atoms with Crippen molar-refractivity contribution in [2.75, 3.05) is 7.11 Å². The lowest BCUT2D eigenvalue weighted by atomic mass is 10.1. The van der Waals surface area contributed by atoms with Gasteiger partial charge < -0.3 is 14.3 Å². The molecule has 2 aromatic carbocycles. The van der Waals surface area contributed by atoms with Crippen molar-refractivity contribution in [3.63, 3.8) is 0 Å². The van der Waals surface area contributed by atoms with Crippen molar-refractivity contribution in [1.29, 1.82) is 0 Å². The van der Waals surface area contributed by atoms with Gasteiger partial charge in [-0.15, -0.1) is 0 Å². The van der Waals surface area contributed by atoms with Crippen molar-refractivity contribution < 1.29 is 14.3 Å². The Bertz CT molecular complexity index is 1130. The van der Waals surface area contributed by atoms with Crippen LogP contribution in [0.4, 0.5) is 0 Å². The quantitative estimate of drug-likeness (QED) is 0.609. The predicted molar refractivity (Wildman–Crippen MR) is 91.4 cm³/mol. The Hall–Kier alpha value is -3.34. The van der Waals surface area contributed by atoms with Crippen LogP contribution in [0.5, 0.6) is 11.5 Å². The van der Waals surface area contributed by atoms with Crippen molar-refractivity contribution >= 4 is 21.9 Å². The minimum absolute atomic E-state index is 0.142. The largest absolute Gasteiger partial charge is 0.502 e. The van der Waals surface area contributed by atoms with E-state index < -0.39 is 11.2 Å². The number of pyridine rings is 1. The molecule has 5 heteroatoms. The molecule has 0 bridgehead atoms. The number of hydrogen-bond acceptors (Lipinski definition) is 5. The van der Waals surface area contributed by atoms with Gasteiger partial charge in [0.05, 0.1) is 18.0 Å². The van der Waals surface area contributed by atoms with E-state index in [1.54, 1.807) is 30.5 Å². The lowest BCUT2D eigenvalue weighted by molar-refractivity contribution is 0.414. The van der Waals surface area contributed by atoms with Crippen molar-refractivity contribution in [3.8, 4) is 22.8 Å². The molecule has 4 aromatic rings. The number of methoxy groups -OCH3 is 1. The number of rotatable bonds is 2. The van der Waals surface area contributed by atoms with Gasteiger partial charge in [-0.25, -0.2) is 0 Å². The molecule has 2 aromatic heterocycles. The number of nitrogens with zero attached hydrogens (tertiary/aromatic N) is 1. The lowest BCUT2D eigenvalue weighted by Crippen LogP contribution is -2.03. The van der Waals surface area contributed by atoms with E-state index in [0.717, 1.165) is 10.9 Å². The van der Waals surface area contributed by atoms with E-state index in [1.165, 1.54) is 7.11 Å². The van der Waals surface area contributed by atoms with Gasteiger partial charge in [-0.1, -0.05) is 6.07 Å². The van der Waals surface area contributed by atoms with Crippen LogP contribution in [-0.4, -0.2) is 17.2 Å². The van der Waals surface area contributed by atoms with Crippen LogP contribution in [0.1, 0.15) is 0 Å². The third kappa shape index (κ3) is 2.18. The fraction of sp³-hybridized carbons (Fsp3) is 0.0526. The predicted octanol–water partition coefficient (Wildman–Crippen LogP) is 3.72. The van der Waals surface area contributed by atoms with E-state index >= 15 is 0 Å². The molecule has 1 N–H and O–H groups in total. The first-order valence-electron chi connectivity index (χ1n) is 7.36. The zero-order chi connectivity index (χ0) is 16.7. The van der Waals surface area contributed by atoms with Gasteiger partial charge >= 0.3 is 0 Å². The van der Waals surface area contributed by atoms with Gasteiger partial charge in [0.15, 0.2) is 5.76 Å². The zero-order valence-electron chi connectivity index (χ0n) is 12.8. The van der Waals surface area contributed by atoms with Crippen LogP contribution in [0.15, 0.2) is 63.9 Å². The van der Waals surface area contributed by atoms with Crippen LogP contribution in [-0.2, 0) is 0 Å². The molecular formula is C19H13NO4. The average molecular weight is 319 g/mol. The molecule has 0 saturated carbocycles. The van der Waals surface area contributed by atoms with E-state index in [-0.39, 0.29) is 11.1 Å². The van der Waals surface area contributed by atoms with Crippen molar-refractivity contribution in [2.45, 2.75) is 0 Å². The Balaban J connectivity index is 1.98. The normalized spacial score (nSPS) is 11.0. The van der Waals surface area contributed by atoms with E-state index in [9.17, 15) is 9.90 Å². The summed E-state index contributed by atoms with van der Waals surface area (Å²) < 4.78 is 10.9. The summed E-state index contributed by atoms with van der Waals surface area (Å²) in [6, 6.07) is 14.1. The second-order valence-electron chi connectivity index (χ2n) is 5.38. The highest BCUT2D eigenvalue weighted by molar-refractivity contribution is 5.87. The molecule has 0 aliphatic rings. The fourth-order valence-corrected chi connectivity index (χ4v) is 2.70. The monoisotopic (exact) mass is 319 g/mol. The first kappa shape index (κ1) is 14.3. The maximum absolute atomic E-state index is 12.5. The second kappa shape index (κ2) is 5.38. The third-order valence-electron chi connectivity index (χ3n) is 3.94.